The first kappa shape index (κ1) is 17.4. The number of nitrogens with one attached hydrogen (secondary N) is 1. The van der Waals surface area contributed by atoms with Crippen molar-refractivity contribution in [3.05, 3.63) is 0 Å². The van der Waals surface area contributed by atoms with Gasteiger partial charge >= 0.3 is 5.97 Å². The zero-order chi connectivity index (χ0) is 15.2. The maximum atomic E-state index is 11.9. The van der Waals surface area contributed by atoms with E-state index in [4.69, 9.17) is 16.6 Å². The number of hydrogen-bond acceptors (Lipinski definition) is 4. The third-order valence-electron chi connectivity index (χ3n) is 2.53. The molecular formula is C12H23N3O4. The third kappa shape index (κ3) is 7.40. The van der Waals surface area contributed by atoms with Crippen LogP contribution in [0.2, 0.25) is 0 Å². The first-order valence-electron chi connectivity index (χ1n) is 6.08. The average molecular weight is 273 g/mol. The predicted molar refractivity (Wildman–Crippen MR) is 70.0 cm³/mol. The SMILES string of the molecule is CC(C)(C)CC(CN)C(=O)NC(CC(N)=O)C(=O)O. The Bertz CT molecular complexity index is 349. The highest BCUT2D eigenvalue weighted by atomic mass is 16.4. The quantitative estimate of drug-likeness (QED) is 0.493. The number of carboxylic acid groups (broad SMARTS) is 1. The fraction of sp³-hybridized carbons (Fsp3) is 0.750. The predicted octanol–water partition coefficient (Wildman–Crippen LogP) is -0.558. The van der Waals surface area contributed by atoms with Crippen LogP contribution in [0, 0.1) is 11.3 Å². The van der Waals surface area contributed by atoms with Crippen LogP contribution in [-0.4, -0.2) is 35.5 Å². The summed E-state index contributed by atoms with van der Waals surface area (Å²) in [7, 11) is 0. The Morgan fingerprint density at radius 2 is 1.79 bits per heavy atom. The number of amides is 2. The Balaban J connectivity index is 4.68. The van der Waals surface area contributed by atoms with E-state index in [1.54, 1.807) is 0 Å². The van der Waals surface area contributed by atoms with Gasteiger partial charge in [0.05, 0.1) is 12.3 Å². The Kier molecular flexibility index (Phi) is 6.47. The summed E-state index contributed by atoms with van der Waals surface area (Å²) in [5, 5.41) is 11.2. The standard InChI is InChI=1S/C12H23N3O4/c1-12(2,3)5-7(6-13)10(17)15-8(11(18)19)4-9(14)16/h7-8H,4-6,13H2,1-3H3,(H2,14,16)(H,15,17)(H,18,19). The first-order valence-corrected chi connectivity index (χ1v) is 6.08. The Morgan fingerprint density at radius 1 is 1.26 bits per heavy atom. The second kappa shape index (κ2) is 7.08. The van der Waals surface area contributed by atoms with Crippen LogP contribution in [0.1, 0.15) is 33.6 Å². The van der Waals surface area contributed by atoms with E-state index in [-0.39, 0.29) is 12.0 Å². The van der Waals surface area contributed by atoms with Crippen LogP contribution in [0.15, 0.2) is 0 Å². The van der Waals surface area contributed by atoms with Crippen molar-refractivity contribution >= 4 is 17.8 Å². The molecule has 0 saturated heterocycles. The van der Waals surface area contributed by atoms with Gasteiger partial charge in [-0.15, -0.1) is 0 Å². The lowest BCUT2D eigenvalue weighted by molar-refractivity contribution is -0.144. The normalized spacial score (nSPS) is 14.5. The molecule has 0 aliphatic rings. The van der Waals surface area contributed by atoms with E-state index >= 15 is 0 Å². The summed E-state index contributed by atoms with van der Waals surface area (Å²) in [6, 6.07) is -1.31. The zero-order valence-electron chi connectivity index (χ0n) is 11.6. The number of carbonyl (C=O) groups is 3. The maximum Gasteiger partial charge on any atom is 0.326 e. The number of nitrogens with two attached hydrogens (primary N) is 2. The minimum atomic E-state index is -1.31. The van der Waals surface area contributed by atoms with Crippen LogP contribution < -0.4 is 16.8 Å². The zero-order valence-corrected chi connectivity index (χ0v) is 11.6. The molecule has 7 nitrogen and oxygen atoms in total. The number of hydrogen-bond donors (Lipinski definition) is 4. The van der Waals surface area contributed by atoms with Crippen LogP contribution in [0.5, 0.6) is 0 Å². The molecule has 0 spiro atoms. The van der Waals surface area contributed by atoms with Crippen molar-refractivity contribution < 1.29 is 19.5 Å². The lowest BCUT2D eigenvalue weighted by Crippen LogP contribution is -2.47. The van der Waals surface area contributed by atoms with Gasteiger partial charge in [0.1, 0.15) is 6.04 Å². The topological polar surface area (TPSA) is 136 Å². The second-order valence-corrected chi connectivity index (χ2v) is 5.77. The van der Waals surface area contributed by atoms with Gasteiger partial charge in [0.2, 0.25) is 11.8 Å². The van der Waals surface area contributed by atoms with Crippen LogP contribution in [0.3, 0.4) is 0 Å². The second-order valence-electron chi connectivity index (χ2n) is 5.77. The van der Waals surface area contributed by atoms with E-state index < -0.39 is 36.2 Å². The molecule has 0 bridgehead atoms. The van der Waals surface area contributed by atoms with Crippen LogP contribution in [0.4, 0.5) is 0 Å². The molecule has 2 amide bonds. The maximum absolute atomic E-state index is 11.9. The van der Waals surface area contributed by atoms with Crippen molar-refractivity contribution in [2.75, 3.05) is 6.54 Å². The summed E-state index contributed by atoms with van der Waals surface area (Å²) >= 11 is 0. The largest absolute Gasteiger partial charge is 0.480 e. The summed E-state index contributed by atoms with van der Waals surface area (Å²) in [5.74, 6) is -3.03. The summed E-state index contributed by atoms with van der Waals surface area (Å²) < 4.78 is 0. The van der Waals surface area contributed by atoms with E-state index in [0.29, 0.717) is 6.42 Å². The molecule has 0 rings (SSSR count). The smallest absolute Gasteiger partial charge is 0.326 e. The molecule has 0 fully saturated rings. The van der Waals surface area contributed by atoms with Crippen molar-refractivity contribution in [2.24, 2.45) is 22.8 Å². The van der Waals surface area contributed by atoms with Crippen LogP contribution in [-0.2, 0) is 14.4 Å². The molecule has 0 radical (unpaired) electrons. The molecule has 6 N–H and O–H groups in total. The number of rotatable bonds is 7. The molecule has 7 heteroatoms. The van der Waals surface area contributed by atoms with E-state index in [1.807, 2.05) is 20.8 Å². The molecular weight excluding hydrogens is 250 g/mol. The van der Waals surface area contributed by atoms with E-state index in [2.05, 4.69) is 5.32 Å². The monoisotopic (exact) mass is 273 g/mol. The van der Waals surface area contributed by atoms with Crippen molar-refractivity contribution in [3.8, 4) is 0 Å². The minimum absolute atomic E-state index is 0.107. The Hall–Kier alpha value is -1.63. The van der Waals surface area contributed by atoms with Gasteiger partial charge in [0.15, 0.2) is 0 Å². The Labute approximate surface area is 112 Å². The van der Waals surface area contributed by atoms with Gasteiger partial charge in [-0.2, -0.15) is 0 Å². The van der Waals surface area contributed by atoms with Gasteiger partial charge in [0.25, 0.3) is 0 Å². The third-order valence-corrected chi connectivity index (χ3v) is 2.53. The molecule has 19 heavy (non-hydrogen) atoms. The highest BCUT2D eigenvalue weighted by molar-refractivity contribution is 5.88. The van der Waals surface area contributed by atoms with Crippen molar-refractivity contribution in [2.45, 2.75) is 39.7 Å². The molecule has 2 atom stereocenters. The van der Waals surface area contributed by atoms with Crippen LogP contribution in [0.25, 0.3) is 0 Å². The molecule has 110 valence electrons. The number of primary amides is 1. The van der Waals surface area contributed by atoms with Gasteiger partial charge in [-0.25, -0.2) is 4.79 Å². The molecule has 0 heterocycles. The van der Waals surface area contributed by atoms with Gasteiger partial charge in [-0.3, -0.25) is 9.59 Å². The van der Waals surface area contributed by atoms with Crippen LogP contribution >= 0.6 is 0 Å². The molecule has 2 unspecified atom stereocenters. The summed E-state index contributed by atoms with van der Waals surface area (Å²) in [4.78, 5) is 33.6. The van der Waals surface area contributed by atoms with Gasteiger partial charge in [0, 0.05) is 6.54 Å². The van der Waals surface area contributed by atoms with Gasteiger partial charge in [-0.05, 0) is 11.8 Å². The molecule has 0 aromatic rings. The van der Waals surface area contributed by atoms with E-state index in [1.165, 1.54) is 0 Å². The average Bonchev–Trinajstić information content (AvgIpc) is 2.22. The van der Waals surface area contributed by atoms with Crippen molar-refractivity contribution in [1.82, 2.24) is 5.32 Å². The minimum Gasteiger partial charge on any atom is -0.480 e. The fourth-order valence-corrected chi connectivity index (χ4v) is 1.71. The lowest BCUT2D eigenvalue weighted by atomic mass is 9.84. The van der Waals surface area contributed by atoms with E-state index in [0.717, 1.165) is 0 Å². The Morgan fingerprint density at radius 3 is 2.11 bits per heavy atom. The van der Waals surface area contributed by atoms with E-state index in [9.17, 15) is 14.4 Å². The molecule has 0 aromatic heterocycles. The molecule has 0 aliphatic carbocycles. The summed E-state index contributed by atoms with van der Waals surface area (Å²) in [6.45, 7) is 6.00. The molecule has 0 aliphatic heterocycles. The highest BCUT2D eigenvalue weighted by Gasteiger charge is 2.28. The molecule has 0 saturated carbocycles. The summed E-state index contributed by atoms with van der Waals surface area (Å²) in [6.07, 6.45) is 0.0894. The van der Waals surface area contributed by atoms with Crippen molar-refractivity contribution in [1.29, 1.82) is 0 Å². The lowest BCUT2D eigenvalue weighted by Gasteiger charge is -2.25. The summed E-state index contributed by atoms with van der Waals surface area (Å²) in [5.41, 5.74) is 10.4. The highest BCUT2D eigenvalue weighted by Crippen LogP contribution is 2.24. The van der Waals surface area contributed by atoms with Crippen molar-refractivity contribution in [3.63, 3.8) is 0 Å². The van der Waals surface area contributed by atoms with Gasteiger partial charge < -0.3 is 21.9 Å². The fourth-order valence-electron chi connectivity index (χ4n) is 1.71. The number of aliphatic carboxylic acids is 1. The molecule has 0 aromatic carbocycles. The van der Waals surface area contributed by atoms with Gasteiger partial charge in [-0.1, -0.05) is 20.8 Å². The number of carboxylic acids is 1. The first-order chi connectivity index (χ1) is 8.56. The number of carbonyl (C=O) groups excluding carboxylic acids is 2.